The molecule has 0 aliphatic rings. The van der Waals surface area contributed by atoms with Crippen molar-refractivity contribution in [2.45, 2.75) is 19.4 Å². The topological polar surface area (TPSA) is 79.1 Å². The van der Waals surface area contributed by atoms with E-state index in [2.05, 4.69) is 11.1 Å². The van der Waals surface area contributed by atoms with E-state index < -0.39 is 0 Å². The second-order valence-corrected chi connectivity index (χ2v) is 4.05. The van der Waals surface area contributed by atoms with Crippen molar-refractivity contribution < 1.29 is 4.42 Å². The number of fused-ring (bicyclic) bond motifs is 1. The summed E-state index contributed by atoms with van der Waals surface area (Å²) in [6, 6.07) is 8.04. The number of benzene rings is 1. The zero-order chi connectivity index (χ0) is 12.4. The van der Waals surface area contributed by atoms with Crippen LogP contribution < -0.4 is 10.6 Å². The second-order valence-electron chi connectivity index (χ2n) is 4.05. The number of rotatable bonds is 3. The fraction of sp³-hybridized carbons (Fsp3) is 0.333. The SMILES string of the molecule is CC(CC#N)N(C)c1nc2cc(N)ccc2o1. The molecular formula is C12H14N4O. The van der Waals surface area contributed by atoms with Crippen molar-refractivity contribution in [3.63, 3.8) is 0 Å². The number of hydrogen-bond donors (Lipinski definition) is 1. The molecule has 0 amide bonds. The Hall–Kier alpha value is -2.22. The smallest absolute Gasteiger partial charge is 0.298 e. The van der Waals surface area contributed by atoms with Crippen LogP contribution in [0.25, 0.3) is 11.1 Å². The highest BCUT2D eigenvalue weighted by Gasteiger charge is 2.15. The van der Waals surface area contributed by atoms with Crippen LogP contribution in [0.3, 0.4) is 0 Å². The normalized spacial score (nSPS) is 12.3. The van der Waals surface area contributed by atoms with Crippen molar-refractivity contribution in [3.8, 4) is 6.07 Å². The van der Waals surface area contributed by atoms with Gasteiger partial charge in [-0.15, -0.1) is 0 Å². The van der Waals surface area contributed by atoms with Crippen LogP contribution in [0.1, 0.15) is 13.3 Å². The Bertz CT molecular complexity index is 569. The molecule has 0 aliphatic carbocycles. The number of nitrogens with zero attached hydrogens (tertiary/aromatic N) is 3. The van der Waals surface area contributed by atoms with Gasteiger partial charge in [-0.3, -0.25) is 0 Å². The van der Waals surface area contributed by atoms with Crippen molar-refractivity contribution in [3.05, 3.63) is 18.2 Å². The molecule has 2 N–H and O–H groups in total. The maximum atomic E-state index is 8.66. The molecule has 2 rings (SSSR count). The molecule has 17 heavy (non-hydrogen) atoms. The van der Waals surface area contributed by atoms with Crippen molar-refractivity contribution in [2.24, 2.45) is 0 Å². The van der Waals surface area contributed by atoms with E-state index in [0.29, 0.717) is 23.7 Å². The lowest BCUT2D eigenvalue weighted by Gasteiger charge is -2.20. The Balaban J connectivity index is 2.33. The Morgan fingerprint density at radius 3 is 3.06 bits per heavy atom. The average Bonchev–Trinajstić information content (AvgIpc) is 2.71. The highest BCUT2D eigenvalue weighted by Crippen LogP contribution is 2.24. The van der Waals surface area contributed by atoms with E-state index in [4.69, 9.17) is 15.4 Å². The molecule has 0 aliphatic heterocycles. The highest BCUT2D eigenvalue weighted by atomic mass is 16.4. The number of nitrogens with two attached hydrogens (primary N) is 1. The molecule has 2 aromatic rings. The van der Waals surface area contributed by atoms with Gasteiger partial charge in [0.25, 0.3) is 6.01 Å². The maximum Gasteiger partial charge on any atom is 0.298 e. The molecule has 1 aromatic heterocycles. The van der Waals surface area contributed by atoms with Gasteiger partial charge in [-0.1, -0.05) is 0 Å². The summed E-state index contributed by atoms with van der Waals surface area (Å²) in [5.74, 6) is 0. The summed E-state index contributed by atoms with van der Waals surface area (Å²) in [5.41, 5.74) is 7.77. The zero-order valence-corrected chi connectivity index (χ0v) is 9.84. The molecule has 88 valence electrons. The fourth-order valence-electron chi connectivity index (χ4n) is 1.54. The number of nitrogen functional groups attached to an aromatic ring is 1. The Morgan fingerprint density at radius 2 is 2.35 bits per heavy atom. The number of oxazole rings is 1. The van der Waals surface area contributed by atoms with Crippen LogP contribution >= 0.6 is 0 Å². The summed E-state index contributed by atoms with van der Waals surface area (Å²) >= 11 is 0. The average molecular weight is 230 g/mol. The molecule has 0 saturated heterocycles. The molecule has 5 heteroatoms. The first kappa shape index (κ1) is 11.3. The quantitative estimate of drug-likeness (QED) is 0.817. The zero-order valence-electron chi connectivity index (χ0n) is 9.84. The van der Waals surface area contributed by atoms with Crippen LogP contribution in [-0.4, -0.2) is 18.1 Å². The van der Waals surface area contributed by atoms with Crippen LogP contribution in [0.15, 0.2) is 22.6 Å². The Kier molecular flexibility index (Phi) is 2.88. The van der Waals surface area contributed by atoms with Crippen LogP contribution in [0.4, 0.5) is 11.7 Å². The number of anilines is 2. The summed E-state index contributed by atoms with van der Waals surface area (Å²) in [6.45, 7) is 1.95. The third kappa shape index (κ3) is 2.16. The molecular weight excluding hydrogens is 216 g/mol. The lowest BCUT2D eigenvalue weighted by atomic mass is 10.2. The van der Waals surface area contributed by atoms with Gasteiger partial charge < -0.3 is 15.1 Å². The van der Waals surface area contributed by atoms with E-state index in [1.165, 1.54) is 0 Å². The van der Waals surface area contributed by atoms with E-state index >= 15 is 0 Å². The van der Waals surface area contributed by atoms with Crippen LogP contribution in [0.2, 0.25) is 0 Å². The van der Waals surface area contributed by atoms with Gasteiger partial charge in [-0.25, -0.2) is 0 Å². The summed E-state index contributed by atoms with van der Waals surface area (Å²) in [7, 11) is 1.86. The van der Waals surface area contributed by atoms with Gasteiger partial charge in [0.2, 0.25) is 0 Å². The molecule has 1 heterocycles. The van der Waals surface area contributed by atoms with Crippen molar-refractivity contribution in [2.75, 3.05) is 17.7 Å². The Labute approximate surface area is 99.4 Å². The Morgan fingerprint density at radius 1 is 1.59 bits per heavy atom. The van der Waals surface area contributed by atoms with Crippen LogP contribution in [-0.2, 0) is 0 Å². The van der Waals surface area contributed by atoms with E-state index in [9.17, 15) is 0 Å². The molecule has 0 radical (unpaired) electrons. The van der Waals surface area contributed by atoms with Crippen molar-refractivity contribution >= 4 is 22.8 Å². The van der Waals surface area contributed by atoms with Gasteiger partial charge in [0.1, 0.15) is 5.52 Å². The number of aromatic nitrogens is 1. The van der Waals surface area contributed by atoms with Gasteiger partial charge in [0, 0.05) is 18.8 Å². The first-order valence-electron chi connectivity index (χ1n) is 5.37. The maximum absolute atomic E-state index is 8.66. The van der Waals surface area contributed by atoms with Gasteiger partial charge in [0.05, 0.1) is 12.5 Å². The molecule has 0 bridgehead atoms. The molecule has 1 unspecified atom stereocenters. The first-order chi connectivity index (χ1) is 8.11. The minimum atomic E-state index is 0.0606. The summed E-state index contributed by atoms with van der Waals surface area (Å²) in [4.78, 5) is 6.19. The lowest BCUT2D eigenvalue weighted by Crippen LogP contribution is -2.28. The first-order valence-corrected chi connectivity index (χ1v) is 5.37. The summed E-state index contributed by atoms with van der Waals surface area (Å²) < 4.78 is 5.60. The van der Waals surface area contributed by atoms with Crippen LogP contribution in [0.5, 0.6) is 0 Å². The standard InChI is InChI=1S/C12H14N4O/c1-8(5-6-13)16(2)12-15-10-7-9(14)3-4-11(10)17-12/h3-4,7-8H,5,14H2,1-2H3. The molecule has 0 spiro atoms. The van der Waals surface area contributed by atoms with E-state index in [1.54, 1.807) is 18.2 Å². The minimum absolute atomic E-state index is 0.0606. The van der Waals surface area contributed by atoms with E-state index in [-0.39, 0.29) is 6.04 Å². The number of hydrogen-bond acceptors (Lipinski definition) is 5. The molecule has 5 nitrogen and oxygen atoms in total. The van der Waals surface area contributed by atoms with Crippen LogP contribution in [0, 0.1) is 11.3 Å². The van der Waals surface area contributed by atoms with Crippen molar-refractivity contribution in [1.82, 2.24) is 4.98 Å². The molecule has 1 atom stereocenters. The van der Waals surface area contributed by atoms with Gasteiger partial charge >= 0.3 is 0 Å². The second kappa shape index (κ2) is 4.34. The van der Waals surface area contributed by atoms with Gasteiger partial charge in [-0.05, 0) is 25.1 Å². The van der Waals surface area contributed by atoms with Gasteiger partial charge in [0.15, 0.2) is 5.58 Å². The minimum Gasteiger partial charge on any atom is -0.423 e. The largest absolute Gasteiger partial charge is 0.423 e. The van der Waals surface area contributed by atoms with Crippen molar-refractivity contribution in [1.29, 1.82) is 5.26 Å². The van der Waals surface area contributed by atoms with E-state index in [1.807, 2.05) is 18.9 Å². The third-order valence-electron chi connectivity index (χ3n) is 2.75. The summed E-state index contributed by atoms with van der Waals surface area (Å²) in [5, 5.41) is 8.66. The lowest BCUT2D eigenvalue weighted by molar-refractivity contribution is 0.551. The third-order valence-corrected chi connectivity index (χ3v) is 2.75. The fourth-order valence-corrected chi connectivity index (χ4v) is 1.54. The molecule has 0 fully saturated rings. The van der Waals surface area contributed by atoms with E-state index in [0.717, 1.165) is 5.52 Å². The molecule has 0 saturated carbocycles. The predicted molar refractivity (Wildman–Crippen MR) is 66.5 cm³/mol. The number of nitriles is 1. The predicted octanol–water partition coefficient (Wildman–Crippen LogP) is 2.15. The van der Waals surface area contributed by atoms with Gasteiger partial charge in [-0.2, -0.15) is 10.2 Å². The monoisotopic (exact) mass is 230 g/mol. The molecule has 1 aromatic carbocycles. The highest BCUT2D eigenvalue weighted by molar-refractivity contribution is 5.78. The summed E-state index contributed by atoms with van der Waals surface area (Å²) in [6.07, 6.45) is 0.428.